The minimum absolute atomic E-state index is 0.0682. The number of carbonyl (C=O) groups is 1. The van der Waals surface area contributed by atoms with Gasteiger partial charge >= 0.3 is 0 Å². The van der Waals surface area contributed by atoms with E-state index in [-0.39, 0.29) is 11.3 Å². The van der Waals surface area contributed by atoms with Crippen molar-refractivity contribution >= 4 is 27.2 Å². The summed E-state index contributed by atoms with van der Waals surface area (Å²) in [5, 5.41) is 7.90. The number of aromatic nitrogens is 4. The molecule has 8 nitrogen and oxygen atoms in total. The number of benzene rings is 3. The van der Waals surface area contributed by atoms with Crippen molar-refractivity contribution in [2.45, 2.75) is 50.8 Å². The number of anilines is 1. The zero-order valence-corrected chi connectivity index (χ0v) is 27.5. The van der Waals surface area contributed by atoms with E-state index in [9.17, 15) is 13.2 Å². The van der Waals surface area contributed by atoms with Crippen LogP contribution in [0.1, 0.15) is 44.0 Å². The van der Waals surface area contributed by atoms with Gasteiger partial charge in [-0.2, -0.15) is 5.10 Å². The summed E-state index contributed by atoms with van der Waals surface area (Å²) in [6, 6.07) is 29.1. The Hall–Kier alpha value is -5.02. The molecule has 0 aliphatic carbocycles. The summed E-state index contributed by atoms with van der Waals surface area (Å²) in [5.41, 5.74) is 8.51. The van der Waals surface area contributed by atoms with Crippen LogP contribution >= 0.6 is 0 Å². The molecule has 0 saturated carbocycles. The number of aryl methyl sites for hydroxylation is 2. The molecule has 0 bridgehead atoms. The van der Waals surface area contributed by atoms with Crippen molar-refractivity contribution in [3.63, 3.8) is 0 Å². The van der Waals surface area contributed by atoms with E-state index < -0.39 is 9.84 Å². The molecule has 3 heterocycles. The van der Waals surface area contributed by atoms with Gasteiger partial charge in [-0.1, -0.05) is 74.9 Å². The molecule has 0 aliphatic heterocycles. The van der Waals surface area contributed by atoms with E-state index in [1.165, 1.54) is 6.26 Å². The van der Waals surface area contributed by atoms with Gasteiger partial charge in [0.25, 0.3) is 0 Å². The van der Waals surface area contributed by atoms with Crippen LogP contribution in [-0.4, -0.2) is 39.7 Å². The molecule has 0 radical (unpaired) electrons. The van der Waals surface area contributed by atoms with Crippen LogP contribution in [0.25, 0.3) is 33.7 Å². The van der Waals surface area contributed by atoms with Gasteiger partial charge in [0.05, 0.1) is 28.2 Å². The van der Waals surface area contributed by atoms with Crippen molar-refractivity contribution in [1.82, 2.24) is 19.2 Å². The highest BCUT2D eigenvalue weighted by Crippen LogP contribution is 2.28. The van der Waals surface area contributed by atoms with Crippen molar-refractivity contribution in [1.29, 1.82) is 0 Å². The Morgan fingerprint density at radius 2 is 1.52 bits per heavy atom. The summed E-state index contributed by atoms with van der Waals surface area (Å²) < 4.78 is 27.4. The first-order chi connectivity index (χ1) is 21.8. The minimum Gasteiger partial charge on any atom is -0.311 e. The molecule has 6 rings (SSSR count). The average molecular weight is 632 g/mol. The zero-order valence-electron chi connectivity index (χ0n) is 26.7. The predicted molar refractivity (Wildman–Crippen MR) is 183 cm³/mol. The quantitative estimate of drug-likeness (QED) is 0.188. The van der Waals surface area contributed by atoms with E-state index in [1.807, 2.05) is 90.4 Å². The second-order valence-electron chi connectivity index (χ2n) is 12.7. The van der Waals surface area contributed by atoms with E-state index >= 15 is 0 Å². The molecular weight excluding hydrogens is 595 g/mol. The fourth-order valence-corrected chi connectivity index (χ4v) is 5.92. The molecule has 0 spiro atoms. The smallest absolute Gasteiger partial charge is 0.225 e. The van der Waals surface area contributed by atoms with E-state index in [1.54, 1.807) is 16.8 Å². The standard InChI is InChI=1S/C37H37N5O3S/c1-25-6-15-30(16-7-25)42-35(23-33(40-42)37(2,3)4)39-36(43)19-10-26-8-11-28(12-9-26)32-24-38-34-22-29(20-21-41(32)34)27-13-17-31(18-14-27)46(5,44)45/h6-9,11-18,20-24H,10,19H2,1-5H3,(H,39,43). The molecule has 0 aliphatic rings. The molecule has 234 valence electrons. The molecule has 46 heavy (non-hydrogen) atoms. The summed E-state index contributed by atoms with van der Waals surface area (Å²) in [4.78, 5) is 18.0. The lowest BCUT2D eigenvalue weighted by molar-refractivity contribution is -0.116. The number of nitrogens with zero attached hydrogens (tertiary/aromatic N) is 4. The van der Waals surface area contributed by atoms with Gasteiger partial charge in [-0.15, -0.1) is 0 Å². The number of pyridine rings is 1. The van der Waals surface area contributed by atoms with Crippen molar-refractivity contribution in [2.24, 2.45) is 0 Å². The Balaban J connectivity index is 1.13. The molecular formula is C37H37N5O3S. The topological polar surface area (TPSA) is 98.4 Å². The van der Waals surface area contributed by atoms with Gasteiger partial charge in [0.15, 0.2) is 9.84 Å². The lowest BCUT2D eigenvalue weighted by atomic mass is 9.92. The van der Waals surface area contributed by atoms with Gasteiger partial charge in [0.2, 0.25) is 5.91 Å². The number of amides is 1. The fraction of sp³-hybridized carbons (Fsp3) is 0.216. The van der Waals surface area contributed by atoms with Crippen molar-refractivity contribution < 1.29 is 13.2 Å². The van der Waals surface area contributed by atoms with E-state index in [2.05, 4.69) is 43.2 Å². The molecule has 3 aromatic carbocycles. The number of hydrogen-bond donors (Lipinski definition) is 1. The lowest BCUT2D eigenvalue weighted by Gasteiger charge is -2.14. The minimum atomic E-state index is -3.24. The first kappa shape index (κ1) is 31.0. The molecule has 3 aromatic heterocycles. The highest BCUT2D eigenvalue weighted by Gasteiger charge is 2.21. The summed E-state index contributed by atoms with van der Waals surface area (Å²) >= 11 is 0. The molecule has 1 N–H and O–H groups in total. The average Bonchev–Trinajstić information content (AvgIpc) is 3.65. The molecule has 0 saturated heterocycles. The number of carbonyl (C=O) groups excluding carboxylic acids is 1. The first-order valence-electron chi connectivity index (χ1n) is 15.2. The number of hydrogen-bond acceptors (Lipinski definition) is 5. The molecule has 0 atom stereocenters. The summed E-state index contributed by atoms with van der Waals surface area (Å²) in [6.07, 6.45) is 5.97. The van der Waals surface area contributed by atoms with Gasteiger partial charge in [-0.3, -0.25) is 9.20 Å². The number of fused-ring (bicyclic) bond motifs is 1. The number of imidazole rings is 1. The van der Waals surface area contributed by atoms with Crippen LogP contribution in [0.15, 0.2) is 108 Å². The maximum atomic E-state index is 13.1. The highest BCUT2D eigenvalue weighted by atomic mass is 32.2. The van der Waals surface area contributed by atoms with Crippen LogP contribution < -0.4 is 5.32 Å². The lowest BCUT2D eigenvalue weighted by Crippen LogP contribution is -2.15. The second kappa shape index (κ2) is 12.1. The third kappa shape index (κ3) is 6.65. The highest BCUT2D eigenvalue weighted by molar-refractivity contribution is 7.90. The fourth-order valence-electron chi connectivity index (χ4n) is 5.29. The largest absolute Gasteiger partial charge is 0.311 e. The van der Waals surface area contributed by atoms with Crippen LogP contribution in [0, 0.1) is 6.92 Å². The van der Waals surface area contributed by atoms with Crippen LogP contribution in [0.3, 0.4) is 0 Å². The maximum absolute atomic E-state index is 13.1. The SMILES string of the molecule is Cc1ccc(-n2nc(C(C)(C)C)cc2NC(=O)CCc2ccc(-c3cnc4cc(-c5ccc(S(C)(=O)=O)cc5)ccn34)cc2)cc1. The van der Waals surface area contributed by atoms with Gasteiger partial charge in [0, 0.05) is 35.9 Å². The Labute approximate surface area is 269 Å². The number of rotatable bonds is 8. The maximum Gasteiger partial charge on any atom is 0.225 e. The molecule has 0 fully saturated rings. The third-order valence-corrected chi connectivity index (χ3v) is 9.17. The van der Waals surface area contributed by atoms with E-state index in [4.69, 9.17) is 5.10 Å². The molecule has 9 heteroatoms. The molecule has 0 unspecified atom stereocenters. The Morgan fingerprint density at radius 3 is 2.17 bits per heavy atom. The Kier molecular flexibility index (Phi) is 8.12. The summed E-state index contributed by atoms with van der Waals surface area (Å²) in [5.74, 6) is 0.595. The van der Waals surface area contributed by atoms with Gasteiger partial charge < -0.3 is 5.32 Å². The number of nitrogens with one attached hydrogen (secondary N) is 1. The molecule has 1 amide bonds. The third-order valence-electron chi connectivity index (χ3n) is 8.04. The predicted octanol–water partition coefficient (Wildman–Crippen LogP) is 7.43. The second-order valence-corrected chi connectivity index (χ2v) is 14.8. The Bertz CT molecular complexity index is 2140. The summed E-state index contributed by atoms with van der Waals surface area (Å²) in [6.45, 7) is 8.37. The molecule has 6 aromatic rings. The number of sulfone groups is 1. The van der Waals surface area contributed by atoms with Crippen LogP contribution in [0.2, 0.25) is 0 Å². The van der Waals surface area contributed by atoms with Crippen molar-refractivity contribution in [3.8, 4) is 28.1 Å². The first-order valence-corrected chi connectivity index (χ1v) is 17.1. The normalized spacial score (nSPS) is 12.0. The van der Waals surface area contributed by atoms with Crippen LogP contribution in [0.5, 0.6) is 0 Å². The van der Waals surface area contributed by atoms with Crippen molar-refractivity contribution in [2.75, 3.05) is 11.6 Å². The van der Waals surface area contributed by atoms with Crippen LogP contribution in [0.4, 0.5) is 5.82 Å². The zero-order chi connectivity index (χ0) is 32.6. The monoisotopic (exact) mass is 631 g/mol. The van der Waals surface area contributed by atoms with Gasteiger partial charge in [-0.05, 0) is 66.4 Å². The van der Waals surface area contributed by atoms with Gasteiger partial charge in [-0.25, -0.2) is 18.1 Å². The van der Waals surface area contributed by atoms with Crippen molar-refractivity contribution in [3.05, 3.63) is 120 Å². The van der Waals surface area contributed by atoms with Crippen LogP contribution in [-0.2, 0) is 26.5 Å². The Morgan fingerprint density at radius 1 is 0.848 bits per heavy atom. The van der Waals surface area contributed by atoms with Gasteiger partial charge in [0.1, 0.15) is 11.5 Å². The van der Waals surface area contributed by atoms with E-state index in [0.29, 0.717) is 23.6 Å². The van der Waals surface area contributed by atoms with E-state index in [0.717, 1.165) is 50.5 Å². The summed E-state index contributed by atoms with van der Waals surface area (Å²) in [7, 11) is -3.24.